The summed E-state index contributed by atoms with van der Waals surface area (Å²) in [6.07, 6.45) is 0. The highest BCUT2D eigenvalue weighted by Gasteiger charge is 2.16. The number of aryl methyl sites for hydroxylation is 3. The Morgan fingerprint density at radius 1 is 0.912 bits per heavy atom. The third-order valence-corrected chi connectivity index (χ3v) is 6.88. The maximum absolute atomic E-state index is 12.7. The molecule has 1 aromatic heterocycles. The van der Waals surface area contributed by atoms with Crippen LogP contribution in [0.1, 0.15) is 32.6 Å². The summed E-state index contributed by atoms with van der Waals surface area (Å²) >= 11 is 0. The Morgan fingerprint density at radius 3 is 2.35 bits per heavy atom. The Hall–Kier alpha value is -3.91. The summed E-state index contributed by atoms with van der Waals surface area (Å²) in [7, 11) is -3.76. The molecule has 0 amide bonds. The molecule has 0 saturated carbocycles. The normalized spacial score (nSPS) is 11.4. The number of benzene rings is 3. The van der Waals surface area contributed by atoms with E-state index < -0.39 is 21.6 Å². The second kappa shape index (κ2) is 9.15. The number of carbonyl (C=O) groups is 1. The Balaban J connectivity index is 1.46. The van der Waals surface area contributed by atoms with Gasteiger partial charge in [0.2, 0.25) is 0 Å². The van der Waals surface area contributed by atoms with Gasteiger partial charge in [-0.05, 0) is 79.9 Å². The van der Waals surface area contributed by atoms with Gasteiger partial charge in [0, 0.05) is 22.7 Å². The third-order valence-electron chi connectivity index (χ3n) is 5.51. The standard InChI is InChI=1S/C26H23NO6S/c1-16-4-11-23-20(14-25(28)33-24(23)12-16)15-32-26(29)19-6-8-21(9-7-19)27-34(30,31)22-10-5-17(2)18(3)13-22/h4-14,27H,15H2,1-3H3. The molecule has 0 radical (unpaired) electrons. The Labute approximate surface area is 197 Å². The number of fused-ring (bicyclic) bond motifs is 1. The lowest BCUT2D eigenvalue weighted by molar-refractivity contribution is 0.0474. The van der Waals surface area contributed by atoms with Crippen LogP contribution in [0.2, 0.25) is 0 Å². The number of sulfonamides is 1. The molecule has 0 bridgehead atoms. The van der Waals surface area contributed by atoms with E-state index in [4.69, 9.17) is 9.15 Å². The van der Waals surface area contributed by atoms with Crippen molar-refractivity contribution >= 4 is 32.6 Å². The molecule has 1 heterocycles. The lowest BCUT2D eigenvalue weighted by Crippen LogP contribution is -2.13. The van der Waals surface area contributed by atoms with Gasteiger partial charge in [-0.15, -0.1) is 0 Å². The number of ether oxygens (including phenoxy) is 1. The second-order valence-electron chi connectivity index (χ2n) is 8.10. The van der Waals surface area contributed by atoms with Crippen LogP contribution >= 0.6 is 0 Å². The fourth-order valence-electron chi connectivity index (χ4n) is 3.45. The predicted octanol–water partition coefficient (Wildman–Crippen LogP) is 4.88. The minimum Gasteiger partial charge on any atom is -0.457 e. The molecule has 0 spiro atoms. The fourth-order valence-corrected chi connectivity index (χ4v) is 4.60. The molecule has 34 heavy (non-hydrogen) atoms. The summed E-state index contributed by atoms with van der Waals surface area (Å²) in [4.78, 5) is 24.5. The van der Waals surface area contributed by atoms with Crippen molar-refractivity contribution in [3.8, 4) is 0 Å². The molecule has 4 rings (SSSR count). The maximum atomic E-state index is 12.7. The molecule has 0 fully saturated rings. The van der Waals surface area contributed by atoms with Crippen LogP contribution in [0.4, 0.5) is 5.69 Å². The van der Waals surface area contributed by atoms with Crippen LogP contribution < -0.4 is 10.3 Å². The van der Waals surface area contributed by atoms with Crippen molar-refractivity contribution < 1.29 is 22.4 Å². The average Bonchev–Trinajstić information content (AvgIpc) is 2.78. The van der Waals surface area contributed by atoms with Crippen LogP contribution in [0.25, 0.3) is 11.0 Å². The van der Waals surface area contributed by atoms with Crippen LogP contribution in [0.15, 0.2) is 80.8 Å². The molecule has 0 aliphatic carbocycles. The smallest absolute Gasteiger partial charge is 0.338 e. The molecular weight excluding hydrogens is 454 g/mol. The van der Waals surface area contributed by atoms with Crippen molar-refractivity contribution in [2.45, 2.75) is 32.3 Å². The van der Waals surface area contributed by atoms with E-state index in [1.54, 1.807) is 24.3 Å². The number of esters is 1. The Bertz CT molecular complexity index is 1550. The summed E-state index contributed by atoms with van der Waals surface area (Å²) in [6, 6.07) is 17.6. The van der Waals surface area contributed by atoms with Gasteiger partial charge in [0.05, 0.1) is 10.5 Å². The van der Waals surface area contributed by atoms with Crippen LogP contribution in [-0.4, -0.2) is 14.4 Å². The van der Waals surface area contributed by atoms with Crippen molar-refractivity contribution in [3.63, 3.8) is 0 Å². The molecule has 4 aromatic rings. The molecule has 0 unspecified atom stereocenters. The topological polar surface area (TPSA) is 103 Å². The summed E-state index contributed by atoms with van der Waals surface area (Å²) in [6.45, 7) is 5.54. The minimum atomic E-state index is -3.76. The molecule has 0 atom stereocenters. The predicted molar refractivity (Wildman–Crippen MR) is 130 cm³/mol. The number of carbonyl (C=O) groups excluding carboxylic acids is 1. The van der Waals surface area contributed by atoms with E-state index in [0.717, 1.165) is 16.7 Å². The van der Waals surface area contributed by atoms with Crippen LogP contribution in [0.5, 0.6) is 0 Å². The Morgan fingerprint density at radius 2 is 1.65 bits per heavy atom. The molecule has 0 aliphatic rings. The second-order valence-corrected chi connectivity index (χ2v) is 9.78. The molecule has 3 aromatic carbocycles. The number of anilines is 1. The number of rotatable bonds is 6. The molecule has 7 nitrogen and oxygen atoms in total. The van der Waals surface area contributed by atoms with Crippen molar-refractivity contribution in [2.24, 2.45) is 0 Å². The SMILES string of the molecule is Cc1ccc2c(COC(=O)c3ccc(NS(=O)(=O)c4ccc(C)c(C)c4)cc3)cc(=O)oc2c1. The lowest BCUT2D eigenvalue weighted by Gasteiger charge is -2.11. The van der Waals surface area contributed by atoms with E-state index in [-0.39, 0.29) is 17.1 Å². The van der Waals surface area contributed by atoms with Crippen molar-refractivity contribution in [2.75, 3.05) is 4.72 Å². The van der Waals surface area contributed by atoms with Gasteiger partial charge in [0.15, 0.2) is 0 Å². The average molecular weight is 478 g/mol. The first-order chi connectivity index (χ1) is 16.1. The van der Waals surface area contributed by atoms with Crippen molar-refractivity contribution in [3.05, 3.63) is 105 Å². The fraction of sp³-hybridized carbons (Fsp3) is 0.154. The van der Waals surface area contributed by atoms with Gasteiger partial charge in [0.25, 0.3) is 10.0 Å². The molecule has 1 N–H and O–H groups in total. The highest BCUT2D eigenvalue weighted by Crippen LogP contribution is 2.21. The van der Waals surface area contributed by atoms with Gasteiger partial charge in [-0.1, -0.05) is 18.2 Å². The number of hydrogen-bond acceptors (Lipinski definition) is 6. The van der Waals surface area contributed by atoms with Crippen LogP contribution in [-0.2, 0) is 21.4 Å². The van der Waals surface area contributed by atoms with Gasteiger partial charge in [-0.3, -0.25) is 4.72 Å². The highest BCUT2D eigenvalue weighted by molar-refractivity contribution is 7.92. The first-order valence-electron chi connectivity index (χ1n) is 10.5. The van der Waals surface area contributed by atoms with Crippen molar-refractivity contribution in [1.82, 2.24) is 0 Å². The Kier molecular flexibility index (Phi) is 6.26. The number of nitrogens with one attached hydrogen (secondary N) is 1. The summed E-state index contributed by atoms with van der Waals surface area (Å²) in [5.74, 6) is -0.600. The zero-order chi connectivity index (χ0) is 24.5. The molecule has 0 aliphatic heterocycles. The summed E-state index contributed by atoms with van der Waals surface area (Å²) in [5.41, 5.74) is 3.83. The molecule has 174 valence electrons. The first-order valence-corrected chi connectivity index (χ1v) is 12.0. The van der Waals surface area contributed by atoms with E-state index in [2.05, 4.69) is 4.72 Å². The summed E-state index contributed by atoms with van der Waals surface area (Å²) in [5, 5.41) is 0.689. The summed E-state index contributed by atoms with van der Waals surface area (Å²) < 4.78 is 38.4. The van der Waals surface area contributed by atoms with E-state index in [9.17, 15) is 18.0 Å². The van der Waals surface area contributed by atoms with Crippen molar-refractivity contribution in [1.29, 1.82) is 0 Å². The van der Waals surface area contributed by atoms with Gasteiger partial charge in [-0.2, -0.15) is 0 Å². The maximum Gasteiger partial charge on any atom is 0.338 e. The number of hydrogen-bond donors (Lipinski definition) is 1. The van der Waals surface area contributed by atoms with E-state index in [0.29, 0.717) is 22.2 Å². The van der Waals surface area contributed by atoms with E-state index in [1.165, 1.54) is 30.3 Å². The lowest BCUT2D eigenvalue weighted by atomic mass is 10.1. The molecule has 0 saturated heterocycles. The van der Waals surface area contributed by atoms with E-state index in [1.807, 2.05) is 32.9 Å². The van der Waals surface area contributed by atoms with Gasteiger partial charge < -0.3 is 9.15 Å². The van der Waals surface area contributed by atoms with Gasteiger partial charge in [0.1, 0.15) is 12.2 Å². The zero-order valence-electron chi connectivity index (χ0n) is 18.9. The largest absolute Gasteiger partial charge is 0.457 e. The molecular formula is C26H23NO6S. The van der Waals surface area contributed by atoms with Gasteiger partial charge in [-0.25, -0.2) is 18.0 Å². The molecule has 8 heteroatoms. The quantitative estimate of drug-likeness (QED) is 0.314. The highest BCUT2D eigenvalue weighted by atomic mass is 32.2. The monoisotopic (exact) mass is 477 g/mol. The van der Waals surface area contributed by atoms with Crippen LogP contribution in [0, 0.1) is 20.8 Å². The van der Waals surface area contributed by atoms with Gasteiger partial charge >= 0.3 is 11.6 Å². The third kappa shape index (κ3) is 5.02. The first kappa shape index (κ1) is 23.3. The zero-order valence-corrected chi connectivity index (χ0v) is 19.7. The minimum absolute atomic E-state index is 0.106. The van der Waals surface area contributed by atoms with Crippen LogP contribution in [0.3, 0.4) is 0 Å². The van der Waals surface area contributed by atoms with E-state index >= 15 is 0 Å².